The van der Waals surface area contributed by atoms with Crippen LogP contribution in [0.1, 0.15) is 5.56 Å². The fourth-order valence-corrected chi connectivity index (χ4v) is 2.41. The van der Waals surface area contributed by atoms with Crippen molar-refractivity contribution in [3.8, 4) is 6.07 Å². The van der Waals surface area contributed by atoms with Gasteiger partial charge in [-0.25, -0.2) is 4.98 Å². The number of hydrogen-bond acceptors (Lipinski definition) is 5. The molecule has 0 amide bonds. The Morgan fingerprint density at radius 3 is 2.68 bits per heavy atom. The van der Waals surface area contributed by atoms with Gasteiger partial charge in [-0.2, -0.15) is 5.26 Å². The van der Waals surface area contributed by atoms with Gasteiger partial charge in [-0.05, 0) is 54.2 Å². The monoisotopic (exact) mass is 267 g/mol. The summed E-state index contributed by atoms with van der Waals surface area (Å²) in [6.07, 6.45) is 0. The van der Waals surface area contributed by atoms with Gasteiger partial charge in [0.1, 0.15) is 5.52 Å². The van der Waals surface area contributed by atoms with E-state index in [4.69, 9.17) is 15.4 Å². The number of fused-ring (bicyclic) bond motifs is 1. The standard InChI is InChI=1S/C14H9N3OS/c15-8-9-1-4-11(5-2-9)19-14-17-12-7-10(16)3-6-13(12)18-14/h1-7H,16H2. The first kappa shape index (κ1) is 11.6. The van der Waals surface area contributed by atoms with Crippen LogP contribution in [0.15, 0.2) is 57.0 Å². The normalized spacial score (nSPS) is 10.5. The molecule has 3 rings (SSSR count). The summed E-state index contributed by atoms with van der Waals surface area (Å²) < 4.78 is 5.61. The molecular formula is C14H9N3OS. The predicted octanol–water partition coefficient (Wildman–Crippen LogP) is 3.43. The van der Waals surface area contributed by atoms with E-state index in [1.165, 1.54) is 11.8 Å². The third-order valence-corrected chi connectivity index (χ3v) is 3.44. The quantitative estimate of drug-likeness (QED) is 0.720. The minimum Gasteiger partial charge on any atom is -0.431 e. The highest BCUT2D eigenvalue weighted by molar-refractivity contribution is 7.99. The van der Waals surface area contributed by atoms with Crippen LogP contribution < -0.4 is 5.73 Å². The Morgan fingerprint density at radius 2 is 1.95 bits per heavy atom. The van der Waals surface area contributed by atoms with Crippen molar-refractivity contribution in [2.45, 2.75) is 10.1 Å². The maximum atomic E-state index is 8.74. The molecule has 4 nitrogen and oxygen atoms in total. The predicted molar refractivity (Wildman–Crippen MR) is 73.7 cm³/mol. The smallest absolute Gasteiger partial charge is 0.261 e. The molecule has 0 bridgehead atoms. The average molecular weight is 267 g/mol. The van der Waals surface area contributed by atoms with Gasteiger partial charge < -0.3 is 10.2 Å². The number of benzene rings is 2. The van der Waals surface area contributed by atoms with Gasteiger partial charge in [0.25, 0.3) is 5.22 Å². The summed E-state index contributed by atoms with van der Waals surface area (Å²) in [6.45, 7) is 0. The van der Waals surface area contributed by atoms with E-state index >= 15 is 0 Å². The minimum atomic E-state index is 0.560. The molecule has 5 heteroatoms. The lowest BCUT2D eigenvalue weighted by Gasteiger charge is -1.95. The number of nitriles is 1. The molecule has 0 fully saturated rings. The molecule has 0 spiro atoms. The Balaban J connectivity index is 1.90. The number of hydrogen-bond donors (Lipinski definition) is 1. The van der Waals surface area contributed by atoms with Gasteiger partial charge >= 0.3 is 0 Å². The molecule has 3 aromatic rings. The van der Waals surface area contributed by atoms with Crippen molar-refractivity contribution in [1.82, 2.24) is 4.98 Å². The van der Waals surface area contributed by atoms with E-state index in [0.717, 1.165) is 10.4 Å². The van der Waals surface area contributed by atoms with Gasteiger partial charge in [0.15, 0.2) is 5.58 Å². The lowest BCUT2D eigenvalue weighted by atomic mass is 10.2. The summed E-state index contributed by atoms with van der Waals surface area (Å²) in [5.41, 5.74) is 8.45. The fraction of sp³-hybridized carbons (Fsp3) is 0. The summed E-state index contributed by atoms with van der Waals surface area (Å²) in [7, 11) is 0. The Labute approximate surface area is 113 Å². The zero-order valence-electron chi connectivity index (χ0n) is 9.83. The number of rotatable bonds is 2. The molecule has 2 aromatic carbocycles. The minimum absolute atomic E-state index is 0.560. The highest BCUT2D eigenvalue weighted by atomic mass is 32.2. The zero-order valence-corrected chi connectivity index (χ0v) is 10.6. The molecule has 0 aliphatic rings. The third-order valence-electron chi connectivity index (χ3n) is 2.58. The molecule has 0 aliphatic heterocycles. The SMILES string of the molecule is N#Cc1ccc(Sc2nc3cc(N)ccc3o2)cc1. The summed E-state index contributed by atoms with van der Waals surface area (Å²) in [6, 6.07) is 14.7. The highest BCUT2D eigenvalue weighted by Gasteiger charge is 2.07. The van der Waals surface area contributed by atoms with Crippen LogP contribution in [-0.2, 0) is 0 Å². The summed E-state index contributed by atoms with van der Waals surface area (Å²) in [5.74, 6) is 0. The van der Waals surface area contributed by atoms with E-state index in [1.807, 2.05) is 12.1 Å². The van der Waals surface area contributed by atoms with Gasteiger partial charge in [-0.15, -0.1) is 0 Å². The number of anilines is 1. The molecule has 0 saturated heterocycles. The number of aromatic nitrogens is 1. The van der Waals surface area contributed by atoms with E-state index in [-0.39, 0.29) is 0 Å². The van der Waals surface area contributed by atoms with Crippen molar-refractivity contribution in [2.75, 3.05) is 5.73 Å². The van der Waals surface area contributed by atoms with Crippen molar-refractivity contribution in [2.24, 2.45) is 0 Å². The molecule has 0 radical (unpaired) electrons. The van der Waals surface area contributed by atoms with Crippen LogP contribution in [0.25, 0.3) is 11.1 Å². The highest BCUT2D eigenvalue weighted by Crippen LogP contribution is 2.30. The first-order valence-electron chi connectivity index (χ1n) is 5.59. The largest absolute Gasteiger partial charge is 0.431 e. The van der Waals surface area contributed by atoms with Crippen LogP contribution >= 0.6 is 11.8 Å². The Hall–Kier alpha value is -2.45. The maximum absolute atomic E-state index is 8.74. The third kappa shape index (κ3) is 2.39. The molecule has 92 valence electrons. The molecule has 1 heterocycles. The molecule has 19 heavy (non-hydrogen) atoms. The van der Waals surface area contributed by atoms with Crippen LogP contribution in [-0.4, -0.2) is 4.98 Å². The summed E-state index contributed by atoms with van der Waals surface area (Å²) >= 11 is 1.41. The Bertz CT molecular complexity index is 771. The second-order valence-corrected chi connectivity index (χ2v) is 4.97. The first-order valence-corrected chi connectivity index (χ1v) is 6.40. The topological polar surface area (TPSA) is 75.8 Å². The van der Waals surface area contributed by atoms with Crippen LogP contribution in [0.2, 0.25) is 0 Å². The second kappa shape index (κ2) is 4.67. The number of nitrogen functional groups attached to an aromatic ring is 1. The molecule has 0 aliphatic carbocycles. The van der Waals surface area contributed by atoms with Gasteiger partial charge in [-0.1, -0.05) is 0 Å². The van der Waals surface area contributed by atoms with Crippen molar-refractivity contribution < 1.29 is 4.42 Å². The first-order chi connectivity index (χ1) is 9.24. The van der Waals surface area contributed by atoms with E-state index in [9.17, 15) is 0 Å². The number of nitrogens with zero attached hydrogens (tertiary/aromatic N) is 2. The van der Waals surface area contributed by atoms with Crippen LogP contribution in [0.3, 0.4) is 0 Å². The van der Waals surface area contributed by atoms with Crippen LogP contribution in [0.4, 0.5) is 5.69 Å². The molecule has 1 aromatic heterocycles. The number of nitrogens with two attached hydrogens (primary N) is 1. The Morgan fingerprint density at radius 1 is 1.16 bits per heavy atom. The van der Waals surface area contributed by atoms with Gasteiger partial charge in [0.05, 0.1) is 11.6 Å². The van der Waals surface area contributed by atoms with E-state index in [2.05, 4.69) is 11.1 Å². The summed E-state index contributed by atoms with van der Waals surface area (Å²) in [5, 5.41) is 9.30. The molecule has 0 atom stereocenters. The fourth-order valence-electron chi connectivity index (χ4n) is 1.67. The van der Waals surface area contributed by atoms with E-state index in [1.54, 1.807) is 30.3 Å². The molecular weight excluding hydrogens is 258 g/mol. The van der Waals surface area contributed by atoms with Crippen molar-refractivity contribution in [1.29, 1.82) is 5.26 Å². The summed E-state index contributed by atoms with van der Waals surface area (Å²) in [4.78, 5) is 5.33. The lowest BCUT2D eigenvalue weighted by Crippen LogP contribution is -1.82. The molecule has 2 N–H and O–H groups in total. The molecule has 0 unspecified atom stereocenters. The molecule has 0 saturated carbocycles. The second-order valence-electron chi connectivity index (χ2n) is 3.95. The Kier molecular flexibility index (Phi) is 2.86. The lowest BCUT2D eigenvalue weighted by molar-refractivity contribution is 0.489. The van der Waals surface area contributed by atoms with Crippen molar-refractivity contribution in [3.63, 3.8) is 0 Å². The van der Waals surface area contributed by atoms with Gasteiger partial charge in [-0.3, -0.25) is 0 Å². The average Bonchev–Trinajstić information content (AvgIpc) is 2.81. The van der Waals surface area contributed by atoms with E-state index < -0.39 is 0 Å². The maximum Gasteiger partial charge on any atom is 0.261 e. The van der Waals surface area contributed by atoms with Gasteiger partial charge in [0.2, 0.25) is 0 Å². The van der Waals surface area contributed by atoms with Crippen molar-refractivity contribution in [3.05, 3.63) is 48.0 Å². The van der Waals surface area contributed by atoms with Crippen LogP contribution in [0, 0.1) is 11.3 Å². The van der Waals surface area contributed by atoms with Crippen LogP contribution in [0.5, 0.6) is 0 Å². The zero-order chi connectivity index (χ0) is 13.2. The van der Waals surface area contributed by atoms with Gasteiger partial charge in [0, 0.05) is 10.6 Å². The van der Waals surface area contributed by atoms with E-state index in [0.29, 0.717) is 22.1 Å². The number of oxazole rings is 1. The van der Waals surface area contributed by atoms with Crippen molar-refractivity contribution >= 4 is 28.5 Å².